The Morgan fingerprint density at radius 3 is 2.88 bits per heavy atom. The molecule has 1 saturated heterocycles. The summed E-state index contributed by atoms with van der Waals surface area (Å²) in [6.07, 6.45) is 1.24. The third kappa shape index (κ3) is 2.97. The highest BCUT2D eigenvalue weighted by Gasteiger charge is 2.24. The van der Waals surface area contributed by atoms with Crippen molar-refractivity contribution in [2.45, 2.75) is 26.3 Å². The summed E-state index contributed by atoms with van der Waals surface area (Å²) >= 11 is 0. The van der Waals surface area contributed by atoms with Crippen LogP contribution in [0.1, 0.15) is 20.3 Å². The Labute approximate surface area is 103 Å². The quantitative estimate of drug-likeness (QED) is 0.864. The fraction of sp³-hybridized carbons (Fsp3) is 0.571. The van der Waals surface area contributed by atoms with Crippen LogP contribution in [0.5, 0.6) is 0 Å². The molecule has 1 N–H and O–H groups in total. The molecule has 1 aromatic rings. The van der Waals surface area contributed by atoms with E-state index in [2.05, 4.69) is 24.1 Å². The summed E-state index contributed by atoms with van der Waals surface area (Å²) in [6, 6.07) is 7.39. The predicted molar refractivity (Wildman–Crippen MR) is 69.9 cm³/mol. The van der Waals surface area contributed by atoms with Crippen LogP contribution in [0.25, 0.3) is 0 Å². The van der Waals surface area contributed by atoms with Crippen molar-refractivity contribution in [3.63, 3.8) is 0 Å². The monoisotopic (exact) mass is 236 g/mol. The Balaban J connectivity index is 2.06. The van der Waals surface area contributed by atoms with Crippen molar-refractivity contribution in [1.82, 2.24) is 5.32 Å². The lowest BCUT2D eigenvalue weighted by molar-refractivity contribution is 0.477. The van der Waals surface area contributed by atoms with Crippen molar-refractivity contribution >= 4 is 5.69 Å². The van der Waals surface area contributed by atoms with Crippen molar-refractivity contribution < 1.29 is 4.39 Å². The van der Waals surface area contributed by atoms with E-state index in [4.69, 9.17) is 0 Å². The first-order valence-corrected chi connectivity index (χ1v) is 6.44. The molecule has 1 aliphatic rings. The summed E-state index contributed by atoms with van der Waals surface area (Å²) in [5.41, 5.74) is 0.980. The molecule has 3 heteroatoms. The van der Waals surface area contributed by atoms with E-state index in [1.165, 1.54) is 12.5 Å². The topological polar surface area (TPSA) is 15.3 Å². The number of likely N-dealkylation sites (N-methyl/N-ethyl adjacent to an activating group) is 1. The maximum atomic E-state index is 13.2. The molecule has 0 radical (unpaired) electrons. The van der Waals surface area contributed by atoms with Gasteiger partial charge in [0.1, 0.15) is 5.82 Å². The maximum Gasteiger partial charge on any atom is 0.125 e. The van der Waals surface area contributed by atoms with Gasteiger partial charge in [0.25, 0.3) is 0 Å². The van der Waals surface area contributed by atoms with Gasteiger partial charge in [-0.2, -0.15) is 0 Å². The SMILES string of the molecule is CCN(CC1NCCC1C)c1cccc(F)c1. The largest absolute Gasteiger partial charge is 0.370 e. The number of nitrogens with zero attached hydrogens (tertiary/aromatic N) is 1. The van der Waals surface area contributed by atoms with Crippen molar-refractivity contribution in [3.8, 4) is 0 Å². The summed E-state index contributed by atoms with van der Waals surface area (Å²) in [4.78, 5) is 2.24. The minimum Gasteiger partial charge on any atom is -0.370 e. The van der Waals surface area contributed by atoms with Crippen molar-refractivity contribution in [3.05, 3.63) is 30.1 Å². The molecule has 0 spiro atoms. The molecule has 0 aromatic heterocycles. The normalized spacial score (nSPS) is 23.9. The van der Waals surface area contributed by atoms with E-state index in [-0.39, 0.29) is 5.82 Å². The first-order chi connectivity index (χ1) is 8.20. The van der Waals surface area contributed by atoms with Gasteiger partial charge >= 0.3 is 0 Å². The standard InChI is InChI=1S/C14H21FN2/c1-3-17(10-14-11(2)7-8-16-14)13-6-4-5-12(15)9-13/h4-6,9,11,14,16H,3,7-8,10H2,1-2H3. The van der Waals surface area contributed by atoms with Crippen LogP contribution in [0.3, 0.4) is 0 Å². The highest BCUT2D eigenvalue weighted by molar-refractivity contribution is 5.46. The predicted octanol–water partition coefficient (Wildman–Crippen LogP) is 2.65. The van der Waals surface area contributed by atoms with Gasteiger partial charge in [-0.25, -0.2) is 4.39 Å². The van der Waals surface area contributed by atoms with Crippen molar-refractivity contribution in [1.29, 1.82) is 0 Å². The fourth-order valence-electron chi connectivity index (χ4n) is 2.47. The van der Waals surface area contributed by atoms with Crippen LogP contribution in [0.4, 0.5) is 10.1 Å². The molecule has 1 aliphatic heterocycles. The number of anilines is 1. The number of nitrogens with one attached hydrogen (secondary N) is 1. The Bertz CT molecular complexity index is 367. The third-order valence-electron chi connectivity index (χ3n) is 3.67. The number of halogens is 1. The first kappa shape index (κ1) is 12.4. The summed E-state index contributed by atoms with van der Waals surface area (Å²) in [5, 5.41) is 3.52. The lowest BCUT2D eigenvalue weighted by Gasteiger charge is -2.28. The summed E-state index contributed by atoms with van der Waals surface area (Å²) < 4.78 is 13.2. The molecule has 1 aromatic carbocycles. The first-order valence-electron chi connectivity index (χ1n) is 6.44. The van der Waals surface area contributed by atoms with Crippen LogP contribution in [-0.4, -0.2) is 25.7 Å². The van der Waals surface area contributed by atoms with E-state index in [9.17, 15) is 4.39 Å². The molecule has 0 saturated carbocycles. The van der Waals surface area contributed by atoms with E-state index in [1.54, 1.807) is 12.1 Å². The minimum atomic E-state index is -0.159. The van der Waals surface area contributed by atoms with Gasteiger partial charge in [-0.15, -0.1) is 0 Å². The van der Waals surface area contributed by atoms with E-state index in [1.807, 2.05) is 6.07 Å². The Hall–Kier alpha value is -1.09. The molecule has 94 valence electrons. The van der Waals surface area contributed by atoms with Gasteiger partial charge in [0.2, 0.25) is 0 Å². The molecular formula is C14H21FN2. The van der Waals surface area contributed by atoms with Crippen LogP contribution in [0, 0.1) is 11.7 Å². The Kier molecular flexibility index (Phi) is 4.00. The Morgan fingerprint density at radius 2 is 2.29 bits per heavy atom. The van der Waals surface area contributed by atoms with Crippen LogP contribution in [0.2, 0.25) is 0 Å². The average Bonchev–Trinajstić information content (AvgIpc) is 2.71. The third-order valence-corrected chi connectivity index (χ3v) is 3.67. The van der Waals surface area contributed by atoms with Gasteiger partial charge in [0.05, 0.1) is 0 Å². The minimum absolute atomic E-state index is 0.159. The van der Waals surface area contributed by atoms with Crippen LogP contribution < -0.4 is 10.2 Å². The summed E-state index contributed by atoms with van der Waals surface area (Å²) in [5.74, 6) is 0.547. The molecule has 1 fully saturated rings. The van der Waals surface area contributed by atoms with Gasteiger partial charge in [0, 0.05) is 24.8 Å². The highest BCUT2D eigenvalue weighted by Crippen LogP contribution is 2.20. The second-order valence-corrected chi connectivity index (χ2v) is 4.85. The number of rotatable bonds is 4. The van der Waals surface area contributed by atoms with E-state index in [0.29, 0.717) is 12.0 Å². The van der Waals surface area contributed by atoms with Crippen molar-refractivity contribution in [2.75, 3.05) is 24.5 Å². The van der Waals surface area contributed by atoms with Crippen LogP contribution in [-0.2, 0) is 0 Å². The molecule has 0 bridgehead atoms. The molecule has 2 nitrogen and oxygen atoms in total. The van der Waals surface area contributed by atoms with E-state index < -0.39 is 0 Å². The van der Waals surface area contributed by atoms with Gasteiger partial charge < -0.3 is 10.2 Å². The zero-order valence-electron chi connectivity index (χ0n) is 10.6. The second kappa shape index (κ2) is 5.50. The van der Waals surface area contributed by atoms with E-state index >= 15 is 0 Å². The molecule has 1 heterocycles. The molecule has 2 unspecified atom stereocenters. The molecule has 2 rings (SSSR count). The smallest absolute Gasteiger partial charge is 0.125 e. The van der Waals surface area contributed by atoms with Gasteiger partial charge in [-0.05, 0) is 44.0 Å². The van der Waals surface area contributed by atoms with Gasteiger partial charge in [0.15, 0.2) is 0 Å². The average molecular weight is 236 g/mol. The molecule has 17 heavy (non-hydrogen) atoms. The highest BCUT2D eigenvalue weighted by atomic mass is 19.1. The number of benzene rings is 1. The lowest BCUT2D eigenvalue weighted by atomic mass is 10.0. The lowest BCUT2D eigenvalue weighted by Crippen LogP contribution is -2.40. The fourth-order valence-corrected chi connectivity index (χ4v) is 2.47. The molecule has 2 atom stereocenters. The summed E-state index contributed by atoms with van der Waals surface area (Å²) in [6.45, 7) is 7.37. The molecule has 0 amide bonds. The van der Waals surface area contributed by atoms with Gasteiger partial charge in [-0.3, -0.25) is 0 Å². The summed E-state index contributed by atoms with van der Waals surface area (Å²) in [7, 11) is 0. The molecule has 0 aliphatic carbocycles. The van der Waals surface area contributed by atoms with Gasteiger partial charge in [-0.1, -0.05) is 13.0 Å². The van der Waals surface area contributed by atoms with Crippen LogP contribution in [0.15, 0.2) is 24.3 Å². The van der Waals surface area contributed by atoms with Crippen LogP contribution >= 0.6 is 0 Å². The van der Waals surface area contributed by atoms with E-state index in [0.717, 1.165) is 25.3 Å². The zero-order valence-corrected chi connectivity index (χ0v) is 10.6. The van der Waals surface area contributed by atoms with Crippen molar-refractivity contribution in [2.24, 2.45) is 5.92 Å². The maximum absolute atomic E-state index is 13.2. The number of hydrogen-bond donors (Lipinski definition) is 1. The zero-order chi connectivity index (χ0) is 12.3. The second-order valence-electron chi connectivity index (χ2n) is 4.85. The molecular weight excluding hydrogens is 215 g/mol. The number of hydrogen-bond acceptors (Lipinski definition) is 2. The Morgan fingerprint density at radius 1 is 1.47 bits per heavy atom.